The average molecular weight is 311 g/mol. The van der Waals surface area contributed by atoms with E-state index in [-0.39, 0.29) is 0 Å². The minimum Gasteiger partial charge on any atom is -0.353 e. The summed E-state index contributed by atoms with van der Waals surface area (Å²) in [6.07, 6.45) is 3.50. The van der Waals surface area contributed by atoms with Gasteiger partial charge < -0.3 is 9.80 Å². The largest absolute Gasteiger partial charge is 0.353 e. The van der Waals surface area contributed by atoms with Gasteiger partial charge in [-0.1, -0.05) is 23.5 Å². The van der Waals surface area contributed by atoms with Crippen molar-refractivity contribution in [1.29, 1.82) is 0 Å². The number of piperazine rings is 1. The number of para-hydroxylation sites is 1. The van der Waals surface area contributed by atoms with Crippen molar-refractivity contribution in [2.75, 3.05) is 36.0 Å². The van der Waals surface area contributed by atoms with Crippen molar-refractivity contribution in [2.45, 2.75) is 6.92 Å². The normalized spacial score (nSPS) is 15.5. The fraction of sp³-hybridized carbons (Fsp3) is 0.312. The van der Waals surface area contributed by atoms with Gasteiger partial charge in [-0.2, -0.15) is 0 Å². The lowest BCUT2D eigenvalue weighted by molar-refractivity contribution is 0.644. The molecule has 0 unspecified atom stereocenters. The maximum atomic E-state index is 4.75. The number of hydrogen-bond acceptors (Lipinski definition) is 6. The number of rotatable bonds is 2. The lowest BCUT2D eigenvalue weighted by Crippen LogP contribution is -2.47. The second-order valence-electron chi connectivity index (χ2n) is 5.47. The van der Waals surface area contributed by atoms with Gasteiger partial charge >= 0.3 is 0 Å². The van der Waals surface area contributed by atoms with E-state index < -0.39 is 0 Å². The monoisotopic (exact) mass is 311 g/mol. The van der Waals surface area contributed by atoms with E-state index in [1.807, 2.05) is 12.3 Å². The van der Waals surface area contributed by atoms with E-state index in [0.29, 0.717) is 0 Å². The fourth-order valence-electron chi connectivity index (χ4n) is 2.83. The van der Waals surface area contributed by atoms with E-state index in [1.54, 1.807) is 17.7 Å². The Morgan fingerprint density at radius 1 is 1.05 bits per heavy atom. The molecule has 0 amide bonds. The molecular weight excluding hydrogens is 294 g/mol. The van der Waals surface area contributed by atoms with Crippen molar-refractivity contribution in [3.8, 4) is 0 Å². The molecular formula is C16H17N5S. The zero-order valence-electron chi connectivity index (χ0n) is 12.4. The molecule has 22 heavy (non-hydrogen) atoms. The van der Waals surface area contributed by atoms with Crippen LogP contribution in [-0.4, -0.2) is 41.1 Å². The Morgan fingerprint density at radius 3 is 2.59 bits per heavy atom. The number of anilines is 2. The second kappa shape index (κ2) is 5.53. The van der Waals surface area contributed by atoms with Crippen LogP contribution < -0.4 is 9.80 Å². The summed E-state index contributed by atoms with van der Waals surface area (Å²) in [5.41, 5.74) is 2.23. The van der Waals surface area contributed by atoms with Crippen LogP contribution in [0.15, 0.2) is 36.8 Å². The van der Waals surface area contributed by atoms with Gasteiger partial charge in [-0.05, 0) is 19.1 Å². The lowest BCUT2D eigenvalue weighted by Gasteiger charge is -2.35. The molecule has 3 heterocycles. The van der Waals surface area contributed by atoms with Gasteiger partial charge in [0.15, 0.2) is 5.13 Å². The summed E-state index contributed by atoms with van der Waals surface area (Å²) >= 11 is 1.77. The van der Waals surface area contributed by atoms with Gasteiger partial charge in [0.1, 0.15) is 12.1 Å². The highest BCUT2D eigenvalue weighted by Gasteiger charge is 2.21. The molecule has 0 atom stereocenters. The average Bonchev–Trinajstić information content (AvgIpc) is 2.99. The summed E-state index contributed by atoms with van der Waals surface area (Å²) in [7, 11) is 0. The van der Waals surface area contributed by atoms with Crippen LogP contribution in [0.2, 0.25) is 0 Å². The Bertz CT molecular complexity index is 759. The van der Waals surface area contributed by atoms with Crippen molar-refractivity contribution in [2.24, 2.45) is 0 Å². The van der Waals surface area contributed by atoms with Gasteiger partial charge in [-0.15, -0.1) is 0 Å². The molecule has 6 heteroatoms. The fourth-order valence-corrected chi connectivity index (χ4v) is 3.85. The summed E-state index contributed by atoms with van der Waals surface area (Å²) < 4.78 is 1.26. The number of aryl methyl sites for hydroxylation is 1. The van der Waals surface area contributed by atoms with Crippen molar-refractivity contribution in [3.05, 3.63) is 42.4 Å². The number of hydrogen-bond donors (Lipinski definition) is 0. The minimum absolute atomic E-state index is 0.966. The summed E-state index contributed by atoms with van der Waals surface area (Å²) in [6.45, 7) is 5.95. The van der Waals surface area contributed by atoms with Crippen LogP contribution in [0.4, 0.5) is 10.9 Å². The smallest absolute Gasteiger partial charge is 0.186 e. The van der Waals surface area contributed by atoms with Crippen LogP contribution in [0.3, 0.4) is 0 Å². The number of nitrogens with zero attached hydrogens (tertiary/aromatic N) is 5. The van der Waals surface area contributed by atoms with E-state index in [4.69, 9.17) is 4.98 Å². The maximum absolute atomic E-state index is 4.75. The first kappa shape index (κ1) is 13.5. The topological polar surface area (TPSA) is 45.2 Å². The van der Waals surface area contributed by atoms with E-state index in [9.17, 15) is 0 Å². The van der Waals surface area contributed by atoms with Crippen LogP contribution in [0.25, 0.3) is 10.2 Å². The zero-order valence-corrected chi connectivity index (χ0v) is 13.3. The second-order valence-corrected chi connectivity index (χ2v) is 6.48. The predicted molar refractivity (Wildman–Crippen MR) is 90.8 cm³/mol. The van der Waals surface area contributed by atoms with E-state index >= 15 is 0 Å². The van der Waals surface area contributed by atoms with Crippen molar-refractivity contribution in [3.63, 3.8) is 0 Å². The predicted octanol–water partition coefficient (Wildman–Crippen LogP) is 2.72. The van der Waals surface area contributed by atoms with Crippen LogP contribution in [0.5, 0.6) is 0 Å². The number of aromatic nitrogens is 3. The van der Waals surface area contributed by atoms with Crippen LogP contribution >= 0.6 is 11.3 Å². The molecule has 1 aromatic carbocycles. The molecule has 0 aliphatic carbocycles. The molecule has 0 spiro atoms. The van der Waals surface area contributed by atoms with E-state index in [0.717, 1.165) is 48.2 Å². The van der Waals surface area contributed by atoms with Gasteiger partial charge in [0.2, 0.25) is 0 Å². The molecule has 1 aliphatic heterocycles. The Labute approximate surface area is 133 Å². The summed E-state index contributed by atoms with van der Waals surface area (Å²) in [4.78, 5) is 17.9. The highest BCUT2D eigenvalue weighted by molar-refractivity contribution is 7.22. The van der Waals surface area contributed by atoms with Gasteiger partial charge in [0, 0.05) is 37.9 Å². The highest BCUT2D eigenvalue weighted by atomic mass is 32.1. The summed E-state index contributed by atoms with van der Waals surface area (Å²) in [6, 6.07) is 8.33. The van der Waals surface area contributed by atoms with Gasteiger partial charge in [-0.3, -0.25) is 0 Å². The quantitative estimate of drug-likeness (QED) is 0.728. The highest BCUT2D eigenvalue weighted by Crippen LogP contribution is 2.29. The third kappa shape index (κ3) is 2.39. The Kier molecular flexibility index (Phi) is 3.38. The number of thiazole rings is 1. The Morgan fingerprint density at radius 2 is 1.82 bits per heavy atom. The van der Waals surface area contributed by atoms with Gasteiger partial charge in [0.05, 0.1) is 10.2 Å². The van der Waals surface area contributed by atoms with E-state index in [1.165, 1.54) is 4.70 Å². The molecule has 1 saturated heterocycles. The SMILES string of the molecule is Cc1cncnc1N1CCN(c2nc3ccccc3s2)CC1. The van der Waals surface area contributed by atoms with Crippen molar-refractivity contribution in [1.82, 2.24) is 15.0 Å². The van der Waals surface area contributed by atoms with Crippen molar-refractivity contribution < 1.29 is 0 Å². The molecule has 2 aromatic heterocycles. The summed E-state index contributed by atoms with van der Waals surface area (Å²) in [5.74, 6) is 1.05. The molecule has 0 radical (unpaired) electrons. The van der Waals surface area contributed by atoms with E-state index in [2.05, 4.69) is 44.9 Å². The maximum Gasteiger partial charge on any atom is 0.186 e. The zero-order chi connectivity index (χ0) is 14.9. The molecule has 0 N–H and O–H groups in total. The molecule has 5 nitrogen and oxygen atoms in total. The molecule has 3 aromatic rings. The third-order valence-corrected chi connectivity index (χ3v) is 5.10. The Hall–Kier alpha value is -2.21. The molecule has 4 rings (SSSR count). The minimum atomic E-state index is 0.966. The van der Waals surface area contributed by atoms with Crippen LogP contribution in [0, 0.1) is 6.92 Å². The number of fused-ring (bicyclic) bond motifs is 1. The molecule has 112 valence electrons. The molecule has 0 saturated carbocycles. The molecule has 1 aliphatic rings. The lowest BCUT2D eigenvalue weighted by atomic mass is 10.2. The number of benzene rings is 1. The van der Waals surface area contributed by atoms with Crippen LogP contribution in [-0.2, 0) is 0 Å². The summed E-state index contributed by atoms with van der Waals surface area (Å²) in [5, 5.41) is 1.13. The first-order chi connectivity index (χ1) is 10.8. The first-order valence-electron chi connectivity index (χ1n) is 7.43. The van der Waals surface area contributed by atoms with Gasteiger partial charge in [-0.25, -0.2) is 15.0 Å². The van der Waals surface area contributed by atoms with Crippen LogP contribution in [0.1, 0.15) is 5.56 Å². The first-order valence-corrected chi connectivity index (χ1v) is 8.25. The van der Waals surface area contributed by atoms with Crippen molar-refractivity contribution >= 4 is 32.5 Å². The standard InChI is InChI=1S/C16H17N5S/c1-12-10-17-11-18-15(12)20-6-8-21(9-7-20)16-19-13-4-2-3-5-14(13)22-16/h2-5,10-11H,6-9H2,1H3. The van der Waals surface area contributed by atoms with Gasteiger partial charge in [0.25, 0.3) is 0 Å². The molecule has 1 fully saturated rings. The third-order valence-electron chi connectivity index (χ3n) is 4.00. The Balaban J connectivity index is 1.51. The molecule has 0 bridgehead atoms.